The molecule has 1 amide bonds. The summed E-state index contributed by atoms with van der Waals surface area (Å²) in [5.74, 6) is -0.243. The van der Waals surface area contributed by atoms with Crippen molar-refractivity contribution in [3.8, 4) is 11.3 Å². The van der Waals surface area contributed by atoms with Crippen LogP contribution in [0.5, 0.6) is 0 Å². The first-order valence-corrected chi connectivity index (χ1v) is 8.44. The molecule has 2 heterocycles. The van der Waals surface area contributed by atoms with Crippen LogP contribution >= 0.6 is 11.3 Å². The number of rotatable bonds is 3. The molecule has 0 saturated carbocycles. The molecule has 0 aliphatic carbocycles. The summed E-state index contributed by atoms with van der Waals surface area (Å²) in [4.78, 5) is 28.7. The van der Waals surface area contributed by atoms with Crippen molar-refractivity contribution in [2.75, 3.05) is 5.32 Å². The van der Waals surface area contributed by atoms with Gasteiger partial charge in [0.1, 0.15) is 5.58 Å². The molecular weight excluding hydrogens is 336 g/mol. The minimum Gasteiger partial charge on any atom is -0.422 e. The van der Waals surface area contributed by atoms with Gasteiger partial charge in [-0.1, -0.05) is 36.4 Å². The van der Waals surface area contributed by atoms with Gasteiger partial charge in [0.15, 0.2) is 5.13 Å². The molecule has 0 bridgehead atoms. The van der Waals surface area contributed by atoms with Crippen molar-refractivity contribution >= 4 is 33.3 Å². The van der Waals surface area contributed by atoms with Gasteiger partial charge in [-0.3, -0.25) is 10.1 Å². The maximum Gasteiger partial charge on any atom is 0.345 e. The average molecular weight is 348 g/mol. The Balaban J connectivity index is 1.64. The number of carbonyl (C=O) groups is 1. The van der Waals surface area contributed by atoms with Crippen LogP contribution in [0.1, 0.15) is 10.4 Å². The van der Waals surface area contributed by atoms with Gasteiger partial charge in [-0.05, 0) is 24.3 Å². The Labute approximate surface area is 146 Å². The Hall–Kier alpha value is -3.25. The predicted molar refractivity (Wildman–Crippen MR) is 98.0 cm³/mol. The Kier molecular flexibility index (Phi) is 3.87. The van der Waals surface area contributed by atoms with Crippen LogP contribution < -0.4 is 10.9 Å². The van der Waals surface area contributed by atoms with E-state index < -0.39 is 5.63 Å². The van der Waals surface area contributed by atoms with E-state index >= 15 is 0 Å². The molecule has 2 aromatic heterocycles. The minimum atomic E-state index is -0.454. The molecule has 1 N–H and O–H groups in total. The van der Waals surface area contributed by atoms with Crippen LogP contribution in [0.2, 0.25) is 0 Å². The number of hydrogen-bond donors (Lipinski definition) is 1. The van der Waals surface area contributed by atoms with Crippen molar-refractivity contribution in [3.63, 3.8) is 0 Å². The summed E-state index contributed by atoms with van der Waals surface area (Å²) in [7, 11) is 0. The second kappa shape index (κ2) is 6.33. The fourth-order valence-electron chi connectivity index (χ4n) is 2.45. The lowest BCUT2D eigenvalue weighted by atomic mass is 10.1. The Morgan fingerprint density at radius 2 is 1.80 bits per heavy atom. The van der Waals surface area contributed by atoms with E-state index in [0.29, 0.717) is 27.5 Å². The first kappa shape index (κ1) is 15.3. The van der Waals surface area contributed by atoms with Gasteiger partial charge in [0.05, 0.1) is 11.3 Å². The first-order chi connectivity index (χ1) is 12.2. The topological polar surface area (TPSA) is 72.2 Å². The fraction of sp³-hybridized carbons (Fsp3) is 0. The van der Waals surface area contributed by atoms with Gasteiger partial charge in [0.25, 0.3) is 5.91 Å². The molecule has 2 aromatic carbocycles. The van der Waals surface area contributed by atoms with Crippen molar-refractivity contribution in [2.45, 2.75) is 0 Å². The first-order valence-electron chi connectivity index (χ1n) is 7.56. The average Bonchev–Trinajstić information content (AvgIpc) is 3.10. The number of carbonyl (C=O) groups excluding carboxylic acids is 1. The number of nitrogens with one attached hydrogen (secondary N) is 1. The zero-order chi connectivity index (χ0) is 17.2. The number of para-hydroxylation sites is 1. The maximum absolute atomic E-state index is 12.2. The molecule has 4 rings (SSSR count). The molecule has 0 unspecified atom stereocenters. The molecule has 5 nitrogen and oxygen atoms in total. The number of hydrogen-bond acceptors (Lipinski definition) is 5. The summed E-state index contributed by atoms with van der Waals surface area (Å²) in [6.07, 6.45) is 0. The normalized spacial score (nSPS) is 10.7. The third-order valence-corrected chi connectivity index (χ3v) is 4.44. The summed E-state index contributed by atoms with van der Waals surface area (Å²) in [5.41, 5.74) is 1.47. The SMILES string of the molecule is O=C(Nc1nc(-c2cc3ccccc3oc2=O)cs1)c1ccccc1. The number of nitrogens with zero attached hydrogens (tertiary/aromatic N) is 1. The summed E-state index contributed by atoms with van der Waals surface area (Å²) in [5, 5.41) is 5.71. The zero-order valence-electron chi connectivity index (χ0n) is 12.9. The monoisotopic (exact) mass is 348 g/mol. The Morgan fingerprint density at radius 1 is 1.04 bits per heavy atom. The van der Waals surface area contributed by atoms with E-state index in [9.17, 15) is 9.59 Å². The maximum atomic E-state index is 12.2. The van der Waals surface area contributed by atoms with Crippen molar-refractivity contribution < 1.29 is 9.21 Å². The van der Waals surface area contributed by atoms with Crippen LogP contribution in [-0.4, -0.2) is 10.9 Å². The summed E-state index contributed by atoms with van der Waals surface area (Å²) >= 11 is 1.26. The van der Waals surface area contributed by atoms with Gasteiger partial charge in [-0.25, -0.2) is 9.78 Å². The van der Waals surface area contributed by atoms with E-state index in [0.717, 1.165) is 5.39 Å². The molecule has 0 atom stereocenters. The zero-order valence-corrected chi connectivity index (χ0v) is 13.7. The van der Waals surface area contributed by atoms with E-state index in [4.69, 9.17) is 4.42 Å². The lowest BCUT2D eigenvalue weighted by molar-refractivity contribution is 0.102. The molecular formula is C19H12N2O3S. The van der Waals surface area contributed by atoms with Gasteiger partial charge in [-0.15, -0.1) is 11.3 Å². The molecule has 0 saturated heterocycles. The molecule has 6 heteroatoms. The number of amides is 1. The molecule has 0 radical (unpaired) electrons. The highest BCUT2D eigenvalue weighted by Gasteiger charge is 2.13. The Morgan fingerprint density at radius 3 is 2.64 bits per heavy atom. The van der Waals surface area contributed by atoms with E-state index in [1.54, 1.807) is 41.8 Å². The van der Waals surface area contributed by atoms with Crippen LogP contribution in [0, 0.1) is 0 Å². The van der Waals surface area contributed by atoms with Gasteiger partial charge >= 0.3 is 5.63 Å². The third-order valence-electron chi connectivity index (χ3n) is 3.68. The summed E-state index contributed by atoms with van der Waals surface area (Å²) in [6, 6.07) is 17.9. The van der Waals surface area contributed by atoms with Gasteiger partial charge < -0.3 is 4.42 Å². The third kappa shape index (κ3) is 3.07. The smallest absolute Gasteiger partial charge is 0.345 e. The van der Waals surface area contributed by atoms with E-state index in [1.165, 1.54) is 11.3 Å². The largest absolute Gasteiger partial charge is 0.422 e. The number of anilines is 1. The van der Waals surface area contributed by atoms with Crippen LogP contribution in [-0.2, 0) is 0 Å². The molecule has 4 aromatic rings. The Bertz CT molecular complexity index is 1120. The van der Waals surface area contributed by atoms with Crippen molar-refractivity contribution in [3.05, 3.63) is 82.0 Å². The quantitative estimate of drug-likeness (QED) is 0.564. The standard InChI is InChI=1S/C19H12N2O3S/c22-17(12-6-2-1-3-7-12)21-19-20-15(11-25-19)14-10-13-8-4-5-9-16(13)24-18(14)23/h1-11H,(H,20,21,22). The molecule has 122 valence electrons. The van der Waals surface area contributed by atoms with Crippen LogP contribution in [0.3, 0.4) is 0 Å². The predicted octanol–water partition coefficient (Wildman–Crippen LogP) is 4.17. The molecule has 0 fully saturated rings. The highest BCUT2D eigenvalue weighted by Crippen LogP contribution is 2.25. The lowest BCUT2D eigenvalue weighted by Gasteiger charge is -2.01. The number of fused-ring (bicyclic) bond motifs is 1. The molecule has 0 spiro atoms. The van der Waals surface area contributed by atoms with Gasteiger partial charge in [-0.2, -0.15) is 0 Å². The van der Waals surface area contributed by atoms with Crippen LogP contribution in [0.15, 0.2) is 75.3 Å². The van der Waals surface area contributed by atoms with Gasteiger partial charge in [0.2, 0.25) is 0 Å². The lowest BCUT2D eigenvalue weighted by Crippen LogP contribution is -2.11. The van der Waals surface area contributed by atoms with E-state index in [1.807, 2.05) is 24.3 Å². The summed E-state index contributed by atoms with van der Waals surface area (Å²) < 4.78 is 5.33. The second-order valence-corrected chi connectivity index (χ2v) is 6.20. The minimum absolute atomic E-state index is 0.243. The number of aromatic nitrogens is 1. The van der Waals surface area contributed by atoms with Crippen molar-refractivity contribution in [1.82, 2.24) is 4.98 Å². The highest BCUT2D eigenvalue weighted by atomic mass is 32.1. The van der Waals surface area contributed by atoms with Crippen LogP contribution in [0.25, 0.3) is 22.2 Å². The van der Waals surface area contributed by atoms with Gasteiger partial charge in [0, 0.05) is 16.3 Å². The number of benzene rings is 2. The molecule has 0 aliphatic heterocycles. The van der Waals surface area contributed by atoms with Crippen molar-refractivity contribution in [2.24, 2.45) is 0 Å². The van der Waals surface area contributed by atoms with Crippen molar-refractivity contribution in [1.29, 1.82) is 0 Å². The van der Waals surface area contributed by atoms with Crippen LogP contribution in [0.4, 0.5) is 5.13 Å². The second-order valence-electron chi connectivity index (χ2n) is 5.34. The fourth-order valence-corrected chi connectivity index (χ4v) is 3.16. The van der Waals surface area contributed by atoms with E-state index in [2.05, 4.69) is 10.3 Å². The number of thiazole rings is 1. The van der Waals surface area contributed by atoms with E-state index in [-0.39, 0.29) is 5.91 Å². The highest BCUT2D eigenvalue weighted by molar-refractivity contribution is 7.14. The molecule has 25 heavy (non-hydrogen) atoms. The molecule has 0 aliphatic rings. The summed E-state index contributed by atoms with van der Waals surface area (Å²) in [6.45, 7) is 0.